The number of fused-ring (bicyclic) bond motifs is 1. The van der Waals surface area contributed by atoms with Gasteiger partial charge in [0, 0.05) is 6.42 Å². The summed E-state index contributed by atoms with van der Waals surface area (Å²) in [6, 6.07) is 10.8. The van der Waals surface area contributed by atoms with Gasteiger partial charge in [-0.3, -0.25) is 0 Å². The first kappa shape index (κ1) is 11.4. The fraction of sp³-hybridized carbons (Fsp3) is 0.267. The van der Waals surface area contributed by atoms with E-state index in [0.29, 0.717) is 11.9 Å². The molecule has 1 saturated carbocycles. The molecule has 0 unspecified atom stereocenters. The predicted octanol–water partition coefficient (Wildman–Crippen LogP) is 2.33. The smallest absolute Gasteiger partial charge is 0.163 e. The van der Waals surface area contributed by atoms with Crippen LogP contribution >= 0.6 is 0 Å². The lowest BCUT2D eigenvalue weighted by atomic mass is 10.1. The molecule has 5 nitrogen and oxygen atoms in total. The molecule has 5 heteroatoms. The Bertz CT molecular complexity index is 759. The molecule has 0 amide bonds. The summed E-state index contributed by atoms with van der Waals surface area (Å²) in [5.41, 5.74) is 9.10. The van der Waals surface area contributed by atoms with Crippen LogP contribution < -0.4 is 5.73 Å². The van der Waals surface area contributed by atoms with Crippen molar-refractivity contribution in [3.05, 3.63) is 47.9 Å². The maximum atomic E-state index is 6.04. The highest BCUT2D eigenvalue weighted by Gasteiger charge is 2.28. The summed E-state index contributed by atoms with van der Waals surface area (Å²) in [5, 5.41) is 5.65. The van der Waals surface area contributed by atoms with E-state index >= 15 is 0 Å². The molecule has 2 N–H and O–H groups in total. The largest absolute Gasteiger partial charge is 0.383 e. The third-order valence-electron chi connectivity index (χ3n) is 3.70. The molecule has 1 aliphatic rings. The molecule has 4 rings (SSSR count). The van der Waals surface area contributed by atoms with Crippen LogP contribution in [0.1, 0.15) is 30.1 Å². The van der Waals surface area contributed by atoms with E-state index in [4.69, 9.17) is 10.8 Å². The normalized spacial score (nSPS) is 14.8. The standard InChI is InChI=1S/C15H15N5/c16-14-13-12(8-10-4-2-1-3-5-10)19-20(11-6-7-11)15(13)18-9-17-14/h1-5,9,11H,6-8H2,(H2,16,17,18). The van der Waals surface area contributed by atoms with Crippen molar-refractivity contribution in [1.29, 1.82) is 0 Å². The molecule has 0 atom stereocenters. The molecule has 3 aromatic rings. The number of hydrogen-bond acceptors (Lipinski definition) is 4. The minimum Gasteiger partial charge on any atom is -0.383 e. The Morgan fingerprint density at radius 1 is 1.15 bits per heavy atom. The van der Waals surface area contributed by atoms with Gasteiger partial charge in [-0.1, -0.05) is 30.3 Å². The van der Waals surface area contributed by atoms with Crippen LogP contribution in [-0.2, 0) is 6.42 Å². The van der Waals surface area contributed by atoms with Gasteiger partial charge in [-0.05, 0) is 18.4 Å². The molecular formula is C15H15N5. The molecule has 0 bridgehead atoms. The van der Waals surface area contributed by atoms with Gasteiger partial charge >= 0.3 is 0 Å². The molecule has 0 spiro atoms. The van der Waals surface area contributed by atoms with Crippen molar-refractivity contribution < 1.29 is 0 Å². The van der Waals surface area contributed by atoms with Crippen LogP contribution in [0.15, 0.2) is 36.7 Å². The first-order valence-corrected chi connectivity index (χ1v) is 6.84. The summed E-state index contributed by atoms with van der Waals surface area (Å²) in [6.07, 6.45) is 4.62. The van der Waals surface area contributed by atoms with Crippen molar-refractivity contribution in [2.24, 2.45) is 0 Å². The number of benzene rings is 1. The van der Waals surface area contributed by atoms with E-state index < -0.39 is 0 Å². The Morgan fingerprint density at radius 2 is 1.95 bits per heavy atom. The lowest BCUT2D eigenvalue weighted by Gasteiger charge is -1.99. The minimum atomic E-state index is 0.483. The zero-order valence-electron chi connectivity index (χ0n) is 11.0. The van der Waals surface area contributed by atoms with Gasteiger partial charge in [-0.25, -0.2) is 14.6 Å². The van der Waals surface area contributed by atoms with Crippen LogP contribution in [0.25, 0.3) is 11.0 Å². The highest BCUT2D eigenvalue weighted by Crippen LogP contribution is 2.37. The molecule has 2 aromatic heterocycles. The van der Waals surface area contributed by atoms with Gasteiger partial charge in [0.05, 0.1) is 17.1 Å². The average molecular weight is 265 g/mol. The van der Waals surface area contributed by atoms with Crippen molar-refractivity contribution in [3.8, 4) is 0 Å². The zero-order valence-corrected chi connectivity index (χ0v) is 11.0. The van der Waals surface area contributed by atoms with Gasteiger partial charge < -0.3 is 5.73 Å². The van der Waals surface area contributed by atoms with E-state index in [1.165, 1.54) is 24.7 Å². The predicted molar refractivity (Wildman–Crippen MR) is 77.3 cm³/mol. The van der Waals surface area contributed by atoms with E-state index in [1.807, 2.05) is 22.9 Å². The zero-order chi connectivity index (χ0) is 13.5. The number of hydrogen-bond donors (Lipinski definition) is 1. The molecule has 20 heavy (non-hydrogen) atoms. The van der Waals surface area contributed by atoms with Gasteiger partial charge in [0.15, 0.2) is 5.65 Å². The first-order valence-electron chi connectivity index (χ1n) is 6.84. The number of anilines is 1. The quantitative estimate of drug-likeness (QED) is 0.789. The van der Waals surface area contributed by atoms with Crippen molar-refractivity contribution in [2.75, 3.05) is 5.73 Å². The third-order valence-corrected chi connectivity index (χ3v) is 3.70. The molecule has 1 aliphatic carbocycles. The van der Waals surface area contributed by atoms with Crippen LogP contribution in [0, 0.1) is 0 Å². The Balaban J connectivity index is 1.86. The number of nitrogen functional groups attached to an aromatic ring is 1. The van der Waals surface area contributed by atoms with Gasteiger partial charge in [0.1, 0.15) is 12.1 Å². The molecule has 0 aliphatic heterocycles. The molecule has 100 valence electrons. The molecule has 1 aromatic carbocycles. The Morgan fingerprint density at radius 3 is 2.70 bits per heavy atom. The highest BCUT2D eigenvalue weighted by molar-refractivity contribution is 5.88. The second kappa shape index (κ2) is 4.30. The van der Waals surface area contributed by atoms with Crippen LogP contribution in [-0.4, -0.2) is 19.7 Å². The van der Waals surface area contributed by atoms with Crippen molar-refractivity contribution in [1.82, 2.24) is 19.7 Å². The summed E-state index contributed by atoms with van der Waals surface area (Å²) in [6.45, 7) is 0. The molecular weight excluding hydrogens is 250 g/mol. The Hall–Kier alpha value is -2.43. The molecule has 1 fully saturated rings. The van der Waals surface area contributed by atoms with E-state index in [2.05, 4.69) is 22.1 Å². The summed E-state index contributed by atoms with van der Waals surface area (Å²) < 4.78 is 2.02. The number of nitrogens with zero attached hydrogens (tertiary/aromatic N) is 4. The Labute approximate surface area is 116 Å². The second-order valence-electron chi connectivity index (χ2n) is 5.24. The highest BCUT2D eigenvalue weighted by atomic mass is 15.3. The van der Waals surface area contributed by atoms with Crippen molar-refractivity contribution in [2.45, 2.75) is 25.3 Å². The monoisotopic (exact) mass is 265 g/mol. The van der Waals surface area contributed by atoms with Crippen LogP contribution in [0.3, 0.4) is 0 Å². The first-order chi connectivity index (χ1) is 9.83. The number of nitrogens with two attached hydrogens (primary N) is 1. The summed E-state index contributed by atoms with van der Waals surface area (Å²) in [4.78, 5) is 8.49. The van der Waals surface area contributed by atoms with E-state index in [9.17, 15) is 0 Å². The van der Waals surface area contributed by atoms with Gasteiger partial charge in [0.2, 0.25) is 0 Å². The van der Waals surface area contributed by atoms with Crippen LogP contribution in [0.4, 0.5) is 5.82 Å². The molecule has 2 heterocycles. The maximum absolute atomic E-state index is 6.04. The van der Waals surface area contributed by atoms with E-state index in [-0.39, 0.29) is 0 Å². The lowest BCUT2D eigenvalue weighted by molar-refractivity contribution is 0.648. The average Bonchev–Trinajstić information content (AvgIpc) is 3.24. The summed E-state index contributed by atoms with van der Waals surface area (Å²) in [7, 11) is 0. The number of rotatable bonds is 3. The third kappa shape index (κ3) is 1.82. The SMILES string of the molecule is Nc1ncnc2c1c(Cc1ccccc1)nn2C1CC1. The maximum Gasteiger partial charge on any atom is 0.163 e. The molecule has 0 saturated heterocycles. The van der Waals surface area contributed by atoms with E-state index in [0.717, 1.165) is 23.1 Å². The number of aromatic nitrogens is 4. The molecule has 0 radical (unpaired) electrons. The van der Waals surface area contributed by atoms with Gasteiger partial charge in [-0.15, -0.1) is 0 Å². The van der Waals surface area contributed by atoms with Crippen LogP contribution in [0.5, 0.6) is 0 Å². The lowest BCUT2D eigenvalue weighted by Crippen LogP contribution is -1.98. The summed E-state index contributed by atoms with van der Waals surface area (Å²) >= 11 is 0. The van der Waals surface area contributed by atoms with E-state index in [1.54, 1.807) is 0 Å². The van der Waals surface area contributed by atoms with Gasteiger partial charge in [-0.2, -0.15) is 5.10 Å². The fourth-order valence-electron chi connectivity index (χ4n) is 2.55. The topological polar surface area (TPSA) is 69.6 Å². The second-order valence-corrected chi connectivity index (χ2v) is 5.24. The summed E-state index contributed by atoms with van der Waals surface area (Å²) in [5.74, 6) is 0.521. The fourth-order valence-corrected chi connectivity index (χ4v) is 2.55. The van der Waals surface area contributed by atoms with Crippen molar-refractivity contribution >= 4 is 16.9 Å². The van der Waals surface area contributed by atoms with Gasteiger partial charge in [0.25, 0.3) is 0 Å². The Kier molecular flexibility index (Phi) is 2.45. The van der Waals surface area contributed by atoms with Crippen molar-refractivity contribution in [3.63, 3.8) is 0 Å². The van der Waals surface area contributed by atoms with Crippen LogP contribution in [0.2, 0.25) is 0 Å². The minimum absolute atomic E-state index is 0.483.